The van der Waals surface area contributed by atoms with Gasteiger partial charge in [-0.2, -0.15) is 5.10 Å². The summed E-state index contributed by atoms with van der Waals surface area (Å²) in [6, 6.07) is 0. The van der Waals surface area contributed by atoms with Crippen LogP contribution in [-0.2, 0) is 13.0 Å². The molecule has 1 aromatic heterocycles. The van der Waals surface area contributed by atoms with Gasteiger partial charge >= 0.3 is 0 Å². The predicted octanol–water partition coefficient (Wildman–Crippen LogP) is 3.40. The monoisotopic (exact) mass is 258 g/mol. The second-order valence-corrected chi connectivity index (χ2v) is 4.90. The van der Waals surface area contributed by atoms with Crippen LogP contribution in [0.3, 0.4) is 0 Å². The van der Waals surface area contributed by atoms with Crippen molar-refractivity contribution in [2.24, 2.45) is 0 Å². The Hall–Kier alpha value is -0.310. The molecule has 1 atom stereocenters. The van der Waals surface area contributed by atoms with E-state index in [1.165, 1.54) is 24.8 Å². The minimum absolute atomic E-state index is 0.684. The number of alkyl halides is 1. The summed E-state index contributed by atoms with van der Waals surface area (Å²) in [5.41, 5.74) is 1.36. The number of hydrogen-bond donors (Lipinski definition) is 0. The maximum Gasteiger partial charge on any atom is 0.0521 e. The molecular weight excluding hydrogens is 240 g/mol. The average molecular weight is 259 g/mol. The molecule has 0 aliphatic heterocycles. The minimum Gasteiger partial charge on any atom is -0.273 e. The molecule has 0 bridgehead atoms. The van der Waals surface area contributed by atoms with E-state index in [2.05, 4.69) is 41.1 Å². The highest BCUT2D eigenvalue weighted by Gasteiger charge is 2.02. The zero-order chi connectivity index (χ0) is 10.4. The number of nitrogens with zero attached hydrogens (tertiary/aromatic N) is 2. The predicted molar refractivity (Wildman–Crippen MR) is 63.8 cm³/mol. The van der Waals surface area contributed by atoms with Crippen molar-refractivity contribution in [3.63, 3.8) is 0 Å². The Morgan fingerprint density at radius 2 is 2.29 bits per heavy atom. The Balaban J connectivity index is 2.24. The summed E-state index contributed by atoms with van der Waals surface area (Å²) in [7, 11) is 0. The Labute approximate surface area is 94.8 Å². The van der Waals surface area contributed by atoms with Crippen LogP contribution in [0.15, 0.2) is 12.4 Å². The normalized spacial score (nSPS) is 13.1. The molecule has 2 nitrogen and oxygen atoms in total. The molecule has 0 aliphatic carbocycles. The molecule has 0 spiro atoms. The van der Waals surface area contributed by atoms with Crippen LogP contribution in [0.1, 0.15) is 38.7 Å². The highest BCUT2D eigenvalue weighted by molar-refractivity contribution is 9.09. The van der Waals surface area contributed by atoms with Gasteiger partial charge in [-0.15, -0.1) is 0 Å². The molecule has 0 N–H and O–H groups in total. The fourth-order valence-corrected chi connectivity index (χ4v) is 1.76. The van der Waals surface area contributed by atoms with Gasteiger partial charge in [0, 0.05) is 17.6 Å². The maximum absolute atomic E-state index is 4.26. The third kappa shape index (κ3) is 3.82. The van der Waals surface area contributed by atoms with Gasteiger partial charge in [-0.25, -0.2) is 0 Å². The molecule has 3 heteroatoms. The van der Waals surface area contributed by atoms with Gasteiger partial charge in [0.2, 0.25) is 0 Å². The Morgan fingerprint density at radius 1 is 1.50 bits per heavy atom. The van der Waals surface area contributed by atoms with E-state index >= 15 is 0 Å². The highest BCUT2D eigenvalue weighted by atomic mass is 79.9. The van der Waals surface area contributed by atoms with Crippen LogP contribution in [0.5, 0.6) is 0 Å². The molecular formula is C11H19BrN2. The van der Waals surface area contributed by atoms with E-state index in [0.717, 1.165) is 13.0 Å². The largest absolute Gasteiger partial charge is 0.273 e. The fraction of sp³-hybridized carbons (Fsp3) is 0.727. The van der Waals surface area contributed by atoms with Crippen molar-refractivity contribution in [3.8, 4) is 0 Å². The summed E-state index contributed by atoms with van der Waals surface area (Å²) in [4.78, 5) is 0.684. The Morgan fingerprint density at radius 3 is 2.86 bits per heavy atom. The summed E-state index contributed by atoms with van der Waals surface area (Å²) >= 11 is 3.65. The molecule has 80 valence electrons. The first kappa shape index (κ1) is 11.8. The van der Waals surface area contributed by atoms with E-state index in [1.54, 1.807) is 0 Å². The first-order valence-electron chi connectivity index (χ1n) is 5.41. The maximum atomic E-state index is 4.26. The van der Waals surface area contributed by atoms with Gasteiger partial charge in [0.05, 0.1) is 6.20 Å². The fourth-order valence-electron chi connectivity index (χ4n) is 1.44. The Bertz CT molecular complexity index is 258. The van der Waals surface area contributed by atoms with Crippen molar-refractivity contribution in [1.29, 1.82) is 0 Å². The second kappa shape index (κ2) is 6.23. The number of halogens is 1. The van der Waals surface area contributed by atoms with Gasteiger partial charge in [-0.1, -0.05) is 22.9 Å². The summed E-state index contributed by atoms with van der Waals surface area (Å²) in [6.07, 6.45) is 9.01. The van der Waals surface area contributed by atoms with Crippen LogP contribution in [0, 0.1) is 0 Å². The minimum atomic E-state index is 0.684. The molecule has 0 aliphatic rings. The van der Waals surface area contributed by atoms with Crippen LogP contribution >= 0.6 is 15.9 Å². The van der Waals surface area contributed by atoms with Crippen LogP contribution < -0.4 is 0 Å². The highest BCUT2D eigenvalue weighted by Crippen LogP contribution is 2.14. The van der Waals surface area contributed by atoms with Gasteiger partial charge < -0.3 is 0 Å². The molecule has 0 saturated heterocycles. The first-order valence-corrected chi connectivity index (χ1v) is 6.33. The molecule has 1 rings (SSSR count). The van der Waals surface area contributed by atoms with Crippen LogP contribution in [0.2, 0.25) is 0 Å². The van der Waals surface area contributed by atoms with Gasteiger partial charge in [-0.3, -0.25) is 4.68 Å². The number of aromatic nitrogens is 2. The van der Waals surface area contributed by atoms with E-state index in [1.807, 2.05) is 10.9 Å². The zero-order valence-corrected chi connectivity index (χ0v) is 10.6. The molecule has 1 aromatic rings. The van der Waals surface area contributed by atoms with Crippen molar-refractivity contribution >= 4 is 15.9 Å². The lowest BCUT2D eigenvalue weighted by Gasteiger charge is -2.04. The van der Waals surface area contributed by atoms with Crippen molar-refractivity contribution in [2.45, 2.75) is 50.9 Å². The molecule has 0 saturated carbocycles. The van der Waals surface area contributed by atoms with Gasteiger partial charge in [0.15, 0.2) is 0 Å². The summed E-state index contributed by atoms with van der Waals surface area (Å²) in [5.74, 6) is 0. The zero-order valence-electron chi connectivity index (χ0n) is 9.04. The van der Waals surface area contributed by atoms with E-state index in [-0.39, 0.29) is 0 Å². The molecule has 0 aromatic carbocycles. The number of aryl methyl sites for hydroxylation is 2. The third-order valence-electron chi connectivity index (χ3n) is 2.44. The quantitative estimate of drug-likeness (QED) is 0.716. The molecule has 1 heterocycles. The number of hydrogen-bond acceptors (Lipinski definition) is 1. The SMILES string of the molecule is CCC(Br)CCCc1cnn(CC)c1. The molecule has 0 radical (unpaired) electrons. The summed E-state index contributed by atoms with van der Waals surface area (Å²) in [5, 5.41) is 4.26. The smallest absolute Gasteiger partial charge is 0.0521 e. The molecule has 14 heavy (non-hydrogen) atoms. The topological polar surface area (TPSA) is 17.8 Å². The number of rotatable bonds is 6. The lowest BCUT2D eigenvalue weighted by atomic mass is 10.1. The average Bonchev–Trinajstić information content (AvgIpc) is 2.65. The summed E-state index contributed by atoms with van der Waals surface area (Å²) < 4.78 is 1.99. The van der Waals surface area contributed by atoms with E-state index < -0.39 is 0 Å². The lowest BCUT2D eigenvalue weighted by molar-refractivity contribution is 0.657. The standard InChI is InChI=1S/C11H19BrN2/c1-3-11(12)7-5-6-10-8-13-14(4-2)9-10/h8-9,11H,3-7H2,1-2H3. The first-order chi connectivity index (χ1) is 6.76. The van der Waals surface area contributed by atoms with Gasteiger partial charge in [0.25, 0.3) is 0 Å². The van der Waals surface area contributed by atoms with Crippen molar-refractivity contribution in [1.82, 2.24) is 9.78 Å². The van der Waals surface area contributed by atoms with Gasteiger partial charge in [0.1, 0.15) is 0 Å². The summed E-state index contributed by atoms with van der Waals surface area (Å²) in [6.45, 7) is 5.30. The second-order valence-electron chi connectivity index (χ2n) is 3.60. The van der Waals surface area contributed by atoms with Crippen LogP contribution in [0.4, 0.5) is 0 Å². The Kier molecular flexibility index (Phi) is 5.23. The van der Waals surface area contributed by atoms with Crippen molar-refractivity contribution in [2.75, 3.05) is 0 Å². The third-order valence-corrected chi connectivity index (χ3v) is 3.54. The van der Waals surface area contributed by atoms with Gasteiger partial charge in [-0.05, 0) is 38.2 Å². The van der Waals surface area contributed by atoms with Crippen LogP contribution in [-0.4, -0.2) is 14.6 Å². The van der Waals surface area contributed by atoms with Crippen molar-refractivity contribution in [3.05, 3.63) is 18.0 Å². The van der Waals surface area contributed by atoms with E-state index in [9.17, 15) is 0 Å². The molecule has 0 fully saturated rings. The van der Waals surface area contributed by atoms with Crippen LogP contribution in [0.25, 0.3) is 0 Å². The van der Waals surface area contributed by atoms with E-state index in [0.29, 0.717) is 4.83 Å². The lowest BCUT2D eigenvalue weighted by Crippen LogP contribution is -1.96. The van der Waals surface area contributed by atoms with Crippen molar-refractivity contribution < 1.29 is 0 Å². The molecule has 1 unspecified atom stereocenters. The molecule has 0 amide bonds. The van der Waals surface area contributed by atoms with E-state index in [4.69, 9.17) is 0 Å².